The Kier molecular flexibility index (Phi) is 3.07. The number of aromatic nitrogens is 1. The second-order valence-electron chi connectivity index (χ2n) is 2.12. The maximum Gasteiger partial charge on any atom is 0.300 e. The van der Waals surface area contributed by atoms with Crippen LogP contribution in [0.25, 0.3) is 0 Å². The Morgan fingerprint density at radius 1 is 1.62 bits per heavy atom. The van der Waals surface area contributed by atoms with Gasteiger partial charge >= 0.3 is 5.69 Å². The maximum absolute atomic E-state index is 12.0. The van der Waals surface area contributed by atoms with Gasteiger partial charge in [-0.1, -0.05) is 0 Å². The summed E-state index contributed by atoms with van der Waals surface area (Å²) in [5, 5.41) is 10.3. The molecule has 0 unspecified atom stereocenters. The van der Waals surface area contributed by atoms with Crippen LogP contribution >= 0.6 is 22.6 Å². The van der Waals surface area contributed by atoms with Crippen LogP contribution in [0, 0.1) is 13.7 Å². The zero-order chi connectivity index (χ0) is 10.0. The summed E-state index contributed by atoms with van der Waals surface area (Å²) in [6.07, 6.45) is -1.86. The van der Waals surface area contributed by atoms with Crippen molar-refractivity contribution in [3.05, 3.63) is 31.6 Å². The molecular formula is C6H3F2IN2O2. The molecule has 0 saturated carbocycles. The fraction of sp³-hybridized carbons (Fsp3) is 0.167. The van der Waals surface area contributed by atoms with E-state index in [0.717, 1.165) is 12.3 Å². The third-order valence-corrected chi connectivity index (χ3v) is 2.14. The highest BCUT2D eigenvalue weighted by Crippen LogP contribution is 2.24. The Hall–Kier alpha value is -0.860. The van der Waals surface area contributed by atoms with Gasteiger partial charge in [0, 0.05) is 0 Å². The number of nitro groups is 1. The molecule has 13 heavy (non-hydrogen) atoms. The minimum absolute atomic E-state index is 0.160. The van der Waals surface area contributed by atoms with Gasteiger partial charge in [-0.05, 0) is 28.7 Å². The van der Waals surface area contributed by atoms with Crippen LogP contribution in [0.4, 0.5) is 14.5 Å². The zero-order valence-electron chi connectivity index (χ0n) is 6.08. The first-order chi connectivity index (χ1) is 6.02. The van der Waals surface area contributed by atoms with E-state index in [1.54, 1.807) is 22.6 Å². The van der Waals surface area contributed by atoms with Crippen molar-refractivity contribution in [2.75, 3.05) is 0 Å². The predicted molar refractivity (Wildman–Crippen MR) is 48.6 cm³/mol. The van der Waals surface area contributed by atoms with Gasteiger partial charge in [-0.25, -0.2) is 13.8 Å². The van der Waals surface area contributed by atoms with E-state index in [9.17, 15) is 18.9 Å². The lowest BCUT2D eigenvalue weighted by atomic mass is 10.3. The normalized spacial score (nSPS) is 10.5. The molecule has 1 aromatic rings. The van der Waals surface area contributed by atoms with Crippen LogP contribution in [0.2, 0.25) is 0 Å². The number of pyridine rings is 1. The van der Waals surface area contributed by atoms with Crippen molar-refractivity contribution >= 4 is 28.3 Å². The fourth-order valence-electron chi connectivity index (χ4n) is 0.692. The molecule has 0 radical (unpaired) electrons. The van der Waals surface area contributed by atoms with Gasteiger partial charge in [-0.15, -0.1) is 0 Å². The average Bonchev–Trinajstić information content (AvgIpc) is 2.03. The lowest BCUT2D eigenvalue weighted by molar-refractivity contribution is -0.386. The Morgan fingerprint density at radius 2 is 2.23 bits per heavy atom. The van der Waals surface area contributed by atoms with Crippen molar-refractivity contribution in [2.24, 2.45) is 0 Å². The third-order valence-electron chi connectivity index (χ3n) is 1.28. The van der Waals surface area contributed by atoms with Crippen LogP contribution in [-0.2, 0) is 0 Å². The Labute approximate surface area is 85.3 Å². The first kappa shape index (κ1) is 10.2. The van der Waals surface area contributed by atoms with Gasteiger partial charge in [0.1, 0.15) is 11.9 Å². The van der Waals surface area contributed by atoms with E-state index < -0.39 is 17.0 Å². The maximum atomic E-state index is 12.0. The van der Waals surface area contributed by atoms with E-state index in [2.05, 4.69) is 4.98 Å². The molecular weight excluding hydrogens is 297 g/mol. The van der Waals surface area contributed by atoms with Crippen molar-refractivity contribution in [1.82, 2.24) is 4.98 Å². The van der Waals surface area contributed by atoms with Gasteiger partial charge in [0.05, 0.1) is 8.49 Å². The molecule has 0 spiro atoms. The molecule has 0 amide bonds. The molecule has 1 heterocycles. The van der Waals surface area contributed by atoms with E-state index >= 15 is 0 Å². The second kappa shape index (κ2) is 3.90. The average molecular weight is 300 g/mol. The molecule has 7 heteroatoms. The Morgan fingerprint density at radius 3 is 2.62 bits per heavy atom. The molecule has 70 valence electrons. The van der Waals surface area contributed by atoms with Crippen LogP contribution in [0.3, 0.4) is 0 Å². The highest BCUT2D eigenvalue weighted by atomic mass is 127. The van der Waals surface area contributed by atoms with Crippen LogP contribution < -0.4 is 0 Å². The molecule has 0 aliphatic heterocycles. The summed E-state index contributed by atoms with van der Waals surface area (Å²) >= 11 is 1.62. The van der Waals surface area contributed by atoms with Crippen LogP contribution in [0.15, 0.2) is 12.3 Å². The number of alkyl halides is 2. The summed E-state index contributed by atoms with van der Waals surface area (Å²) in [5.74, 6) is 0. The van der Waals surface area contributed by atoms with Crippen LogP contribution in [0.1, 0.15) is 12.1 Å². The van der Waals surface area contributed by atoms with Gasteiger partial charge < -0.3 is 0 Å². The van der Waals surface area contributed by atoms with E-state index in [-0.39, 0.29) is 9.26 Å². The molecule has 0 atom stereocenters. The standard InChI is InChI=1S/C6H3F2IN2O2/c7-6(8)4-1-3(9)5(2-10-4)11(12)13/h1-2,6H. The first-order valence-corrected chi connectivity index (χ1v) is 4.18. The van der Waals surface area contributed by atoms with E-state index in [1.807, 2.05) is 0 Å². The van der Waals surface area contributed by atoms with Crippen molar-refractivity contribution in [1.29, 1.82) is 0 Å². The highest BCUT2D eigenvalue weighted by molar-refractivity contribution is 14.1. The minimum Gasteiger partial charge on any atom is -0.258 e. The second-order valence-corrected chi connectivity index (χ2v) is 3.28. The number of hydrogen-bond acceptors (Lipinski definition) is 3. The summed E-state index contributed by atoms with van der Waals surface area (Å²) in [6, 6.07) is 1.00. The van der Waals surface area contributed by atoms with Gasteiger partial charge in [0.15, 0.2) is 0 Å². The summed E-state index contributed by atoms with van der Waals surface area (Å²) < 4.78 is 24.2. The Balaban J connectivity index is 3.13. The molecule has 0 aromatic carbocycles. The minimum atomic E-state index is -2.70. The lowest BCUT2D eigenvalue weighted by Crippen LogP contribution is -1.96. The molecule has 0 aliphatic carbocycles. The van der Waals surface area contributed by atoms with Gasteiger partial charge in [0.2, 0.25) is 0 Å². The van der Waals surface area contributed by atoms with Gasteiger partial charge in [-0.3, -0.25) is 10.1 Å². The Bertz CT molecular complexity index is 345. The summed E-state index contributed by atoms with van der Waals surface area (Å²) in [5.41, 5.74) is -0.708. The van der Waals surface area contributed by atoms with Crippen molar-refractivity contribution in [2.45, 2.75) is 6.43 Å². The molecule has 0 saturated heterocycles. The smallest absolute Gasteiger partial charge is 0.258 e. The molecule has 0 N–H and O–H groups in total. The van der Waals surface area contributed by atoms with Crippen molar-refractivity contribution in [3.8, 4) is 0 Å². The number of halogens is 3. The number of nitrogens with zero attached hydrogens (tertiary/aromatic N) is 2. The SMILES string of the molecule is O=[N+]([O-])c1cnc(C(F)F)cc1I. The molecule has 0 bridgehead atoms. The zero-order valence-corrected chi connectivity index (χ0v) is 8.23. The fourth-order valence-corrected chi connectivity index (χ4v) is 1.35. The summed E-state index contributed by atoms with van der Waals surface area (Å²) in [7, 11) is 0. The molecule has 4 nitrogen and oxygen atoms in total. The molecule has 0 aliphatic rings. The summed E-state index contributed by atoms with van der Waals surface area (Å²) in [6.45, 7) is 0. The molecule has 1 aromatic heterocycles. The van der Waals surface area contributed by atoms with E-state index in [1.165, 1.54) is 0 Å². The predicted octanol–water partition coefficient (Wildman–Crippen LogP) is 2.53. The number of rotatable bonds is 2. The largest absolute Gasteiger partial charge is 0.300 e. The van der Waals surface area contributed by atoms with Crippen LogP contribution in [0.5, 0.6) is 0 Å². The third kappa shape index (κ3) is 2.29. The van der Waals surface area contributed by atoms with Crippen molar-refractivity contribution in [3.63, 3.8) is 0 Å². The van der Waals surface area contributed by atoms with Crippen molar-refractivity contribution < 1.29 is 13.7 Å². The number of hydrogen-bond donors (Lipinski definition) is 0. The molecule has 1 rings (SSSR count). The van der Waals surface area contributed by atoms with Gasteiger partial charge in [0.25, 0.3) is 6.43 Å². The summed E-state index contributed by atoms with van der Waals surface area (Å²) in [4.78, 5) is 12.9. The monoisotopic (exact) mass is 300 g/mol. The highest BCUT2D eigenvalue weighted by Gasteiger charge is 2.16. The molecule has 0 fully saturated rings. The quantitative estimate of drug-likeness (QED) is 0.479. The van der Waals surface area contributed by atoms with E-state index in [4.69, 9.17) is 0 Å². The van der Waals surface area contributed by atoms with E-state index in [0.29, 0.717) is 0 Å². The first-order valence-electron chi connectivity index (χ1n) is 3.10. The topological polar surface area (TPSA) is 56.0 Å². The van der Waals surface area contributed by atoms with Crippen LogP contribution in [-0.4, -0.2) is 9.91 Å². The van der Waals surface area contributed by atoms with Gasteiger partial charge in [-0.2, -0.15) is 0 Å². The lowest BCUT2D eigenvalue weighted by Gasteiger charge is -1.99.